The molecule has 1 atom stereocenters. The van der Waals surface area contributed by atoms with Crippen molar-refractivity contribution in [3.8, 4) is 0 Å². The molecule has 108 valence electrons. The van der Waals surface area contributed by atoms with Crippen molar-refractivity contribution in [3.63, 3.8) is 0 Å². The minimum absolute atomic E-state index is 0.0801. The molecule has 1 heterocycles. The number of hydrogen-bond donors (Lipinski definition) is 1. The number of imidazole rings is 1. The van der Waals surface area contributed by atoms with Gasteiger partial charge >= 0.3 is 0 Å². The molecule has 3 nitrogen and oxygen atoms in total. The summed E-state index contributed by atoms with van der Waals surface area (Å²) in [5.74, 6) is 1.02. The standard InChI is InChI=1S/C17H24N2O/c1-3-19-14-9-5-4-8-13(14)18-16(19)12-15(20)17(2)10-6-7-11-17/h4-5,8-9,15,20H,3,6-7,10-12H2,1-2H3. The van der Waals surface area contributed by atoms with Crippen molar-refractivity contribution < 1.29 is 5.11 Å². The van der Waals surface area contributed by atoms with Gasteiger partial charge in [0.25, 0.3) is 0 Å². The number of benzene rings is 1. The van der Waals surface area contributed by atoms with Crippen LogP contribution < -0.4 is 0 Å². The van der Waals surface area contributed by atoms with Crippen molar-refractivity contribution in [1.82, 2.24) is 9.55 Å². The van der Waals surface area contributed by atoms with Gasteiger partial charge in [0.05, 0.1) is 17.1 Å². The second kappa shape index (κ2) is 5.21. The van der Waals surface area contributed by atoms with Crippen LogP contribution in [0.25, 0.3) is 11.0 Å². The number of aliphatic hydroxyl groups excluding tert-OH is 1. The molecule has 0 aliphatic heterocycles. The van der Waals surface area contributed by atoms with Crippen molar-refractivity contribution in [2.24, 2.45) is 5.41 Å². The molecule has 1 saturated carbocycles. The number of rotatable bonds is 4. The van der Waals surface area contributed by atoms with Gasteiger partial charge in [0.15, 0.2) is 0 Å². The number of fused-ring (bicyclic) bond motifs is 1. The smallest absolute Gasteiger partial charge is 0.112 e. The molecule has 1 aromatic heterocycles. The number of nitrogens with zero attached hydrogens (tertiary/aromatic N) is 2. The Labute approximate surface area is 120 Å². The fourth-order valence-electron chi connectivity index (χ4n) is 3.57. The molecule has 1 fully saturated rings. The van der Waals surface area contributed by atoms with Crippen LogP contribution in [0.3, 0.4) is 0 Å². The Balaban J connectivity index is 1.90. The molecule has 0 saturated heterocycles. The molecule has 2 aromatic rings. The summed E-state index contributed by atoms with van der Waals surface area (Å²) in [5.41, 5.74) is 2.29. The van der Waals surface area contributed by atoms with E-state index in [0.29, 0.717) is 6.42 Å². The summed E-state index contributed by atoms with van der Waals surface area (Å²) >= 11 is 0. The topological polar surface area (TPSA) is 38.0 Å². The monoisotopic (exact) mass is 272 g/mol. The van der Waals surface area contributed by atoms with E-state index in [0.717, 1.165) is 30.7 Å². The van der Waals surface area contributed by atoms with Crippen LogP contribution >= 0.6 is 0 Å². The van der Waals surface area contributed by atoms with E-state index >= 15 is 0 Å². The molecule has 1 N–H and O–H groups in total. The molecule has 0 bridgehead atoms. The van der Waals surface area contributed by atoms with Crippen LogP contribution in [0, 0.1) is 5.41 Å². The number of aliphatic hydroxyl groups is 1. The van der Waals surface area contributed by atoms with Crippen LogP contribution in [-0.2, 0) is 13.0 Å². The van der Waals surface area contributed by atoms with Gasteiger partial charge in [-0.15, -0.1) is 0 Å². The van der Waals surface area contributed by atoms with Crippen molar-refractivity contribution >= 4 is 11.0 Å². The van der Waals surface area contributed by atoms with Crippen LogP contribution in [-0.4, -0.2) is 20.8 Å². The highest BCUT2D eigenvalue weighted by Crippen LogP contribution is 2.41. The number of aryl methyl sites for hydroxylation is 1. The summed E-state index contributed by atoms with van der Waals surface area (Å²) in [7, 11) is 0. The normalized spacial score (nSPS) is 19.6. The van der Waals surface area contributed by atoms with Crippen molar-refractivity contribution in [2.45, 2.75) is 58.6 Å². The van der Waals surface area contributed by atoms with E-state index in [-0.39, 0.29) is 11.5 Å². The number of hydrogen-bond acceptors (Lipinski definition) is 2. The Morgan fingerprint density at radius 1 is 1.30 bits per heavy atom. The van der Waals surface area contributed by atoms with E-state index in [1.165, 1.54) is 18.4 Å². The largest absolute Gasteiger partial charge is 0.392 e. The Morgan fingerprint density at radius 3 is 2.70 bits per heavy atom. The molecule has 0 amide bonds. The first-order valence-corrected chi connectivity index (χ1v) is 7.76. The first-order chi connectivity index (χ1) is 9.64. The second-order valence-corrected chi connectivity index (χ2v) is 6.34. The highest BCUT2D eigenvalue weighted by molar-refractivity contribution is 5.75. The zero-order chi connectivity index (χ0) is 14.2. The van der Waals surface area contributed by atoms with Gasteiger partial charge in [0.1, 0.15) is 5.82 Å². The van der Waals surface area contributed by atoms with E-state index in [4.69, 9.17) is 4.98 Å². The molecule has 0 radical (unpaired) electrons. The van der Waals surface area contributed by atoms with Gasteiger partial charge < -0.3 is 9.67 Å². The first-order valence-electron chi connectivity index (χ1n) is 7.76. The Morgan fingerprint density at radius 2 is 2.00 bits per heavy atom. The molecule has 0 spiro atoms. The second-order valence-electron chi connectivity index (χ2n) is 6.34. The van der Waals surface area contributed by atoms with Crippen LogP contribution in [0.2, 0.25) is 0 Å². The highest BCUT2D eigenvalue weighted by atomic mass is 16.3. The third-order valence-electron chi connectivity index (χ3n) is 4.98. The van der Waals surface area contributed by atoms with E-state index < -0.39 is 0 Å². The molecular weight excluding hydrogens is 248 g/mol. The summed E-state index contributed by atoms with van der Waals surface area (Å²) in [6.45, 7) is 5.27. The predicted octanol–water partition coefficient (Wildman–Crippen LogP) is 3.54. The Bertz CT molecular complexity index is 596. The lowest BCUT2D eigenvalue weighted by Crippen LogP contribution is -2.32. The molecule has 3 heteroatoms. The van der Waals surface area contributed by atoms with Gasteiger partial charge in [-0.25, -0.2) is 4.98 Å². The Hall–Kier alpha value is -1.35. The minimum atomic E-state index is -0.285. The zero-order valence-electron chi connectivity index (χ0n) is 12.5. The molecule has 1 unspecified atom stereocenters. The van der Waals surface area contributed by atoms with Gasteiger partial charge in [-0.05, 0) is 37.3 Å². The summed E-state index contributed by atoms with van der Waals surface area (Å²) in [5, 5.41) is 10.7. The van der Waals surface area contributed by atoms with Crippen LogP contribution in [0.4, 0.5) is 0 Å². The molecule has 1 aliphatic rings. The maximum Gasteiger partial charge on any atom is 0.112 e. The SMILES string of the molecule is CCn1c(CC(O)C2(C)CCCC2)nc2ccccc21. The van der Waals surface area contributed by atoms with E-state index in [2.05, 4.69) is 36.6 Å². The lowest BCUT2D eigenvalue weighted by atomic mass is 9.81. The highest BCUT2D eigenvalue weighted by Gasteiger charge is 2.36. The molecule has 1 aliphatic carbocycles. The van der Waals surface area contributed by atoms with Gasteiger partial charge in [-0.2, -0.15) is 0 Å². The predicted molar refractivity (Wildman–Crippen MR) is 81.7 cm³/mol. The maximum atomic E-state index is 10.7. The minimum Gasteiger partial charge on any atom is -0.392 e. The molecule has 1 aromatic carbocycles. The van der Waals surface area contributed by atoms with Crippen molar-refractivity contribution in [2.75, 3.05) is 0 Å². The summed E-state index contributed by atoms with van der Waals surface area (Å²) in [6, 6.07) is 8.23. The molecular formula is C17H24N2O. The van der Waals surface area contributed by atoms with Crippen LogP contribution in [0.15, 0.2) is 24.3 Å². The van der Waals surface area contributed by atoms with Crippen LogP contribution in [0.5, 0.6) is 0 Å². The van der Waals surface area contributed by atoms with Gasteiger partial charge in [-0.1, -0.05) is 31.9 Å². The average molecular weight is 272 g/mol. The molecule has 3 rings (SSSR count). The van der Waals surface area contributed by atoms with E-state index in [1.807, 2.05) is 6.07 Å². The number of para-hydroxylation sites is 2. The Kier molecular flexibility index (Phi) is 3.55. The quantitative estimate of drug-likeness (QED) is 0.924. The van der Waals surface area contributed by atoms with Gasteiger partial charge in [0, 0.05) is 13.0 Å². The van der Waals surface area contributed by atoms with E-state index in [9.17, 15) is 5.11 Å². The van der Waals surface area contributed by atoms with Crippen LogP contribution in [0.1, 0.15) is 45.4 Å². The average Bonchev–Trinajstić information content (AvgIpc) is 3.03. The number of aromatic nitrogens is 2. The molecule has 20 heavy (non-hydrogen) atoms. The summed E-state index contributed by atoms with van der Waals surface area (Å²) < 4.78 is 2.23. The lowest BCUT2D eigenvalue weighted by molar-refractivity contribution is 0.0403. The third kappa shape index (κ3) is 2.24. The fraction of sp³-hybridized carbons (Fsp3) is 0.588. The van der Waals surface area contributed by atoms with E-state index in [1.54, 1.807) is 0 Å². The van der Waals surface area contributed by atoms with Crippen molar-refractivity contribution in [1.29, 1.82) is 0 Å². The summed E-state index contributed by atoms with van der Waals surface area (Å²) in [6.07, 6.45) is 5.15. The van der Waals surface area contributed by atoms with Crippen molar-refractivity contribution in [3.05, 3.63) is 30.1 Å². The van der Waals surface area contributed by atoms with Gasteiger partial charge in [0.2, 0.25) is 0 Å². The first kappa shape index (κ1) is 13.6. The fourth-order valence-corrected chi connectivity index (χ4v) is 3.57. The summed E-state index contributed by atoms with van der Waals surface area (Å²) in [4.78, 5) is 4.73. The zero-order valence-corrected chi connectivity index (χ0v) is 12.5. The van der Waals surface area contributed by atoms with Gasteiger partial charge in [-0.3, -0.25) is 0 Å². The lowest BCUT2D eigenvalue weighted by Gasteiger charge is -2.29. The maximum absolute atomic E-state index is 10.7. The third-order valence-corrected chi connectivity index (χ3v) is 4.98.